The lowest BCUT2D eigenvalue weighted by molar-refractivity contribution is 0.382. The summed E-state index contributed by atoms with van der Waals surface area (Å²) in [5.41, 5.74) is 0. The van der Waals surface area contributed by atoms with E-state index in [0.29, 0.717) is 5.92 Å². The van der Waals surface area contributed by atoms with Crippen LogP contribution in [0, 0.1) is 5.92 Å². The highest BCUT2D eigenvalue weighted by molar-refractivity contribution is 6.70. The average Bonchev–Trinajstić information content (AvgIpc) is 1.82. The molecule has 3 heteroatoms. The van der Waals surface area contributed by atoms with Crippen LogP contribution >= 0.6 is 11.6 Å². The summed E-state index contributed by atoms with van der Waals surface area (Å²) in [6, 6.07) is 0. The Labute approximate surface area is 81.9 Å². The predicted octanol–water partition coefficient (Wildman–Crippen LogP) is 3.62. The van der Waals surface area contributed by atoms with Gasteiger partial charge in [0.2, 0.25) is 8.32 Å². The minimum absolute atomic E-state index is 0.0586. The van der Waals surface area contributed by atoms with Gasteiger partial charge in [-0.25, -0.2) is 0 Å². The molecule has 12 heavy (non-hydrogen) atoms. The smallest absolute Gasteiger partial charge is 0.241 e. The molecule has 72 valence electrons. The first-order valence-corrected chi connectivity index (χ1v) is 8.10. The fourth-order valence-corrected chi connectivity index (χ4v) is 1.85. The minimum Gasteiger partial charge on any atom is -0.547 e. The minimum atomic E-state index is -1.51. The first kappa shape index (κ1) is 12.0. The first-order valence-electron chi connectivity index (χ1n) is 4.26. The Morgan fingerprint density at radius 2 is 1.75 bits per heavy atom. The molecule has 0 spiro atoms. The van der Waals surface area contributed by atoms with Gasteiger partial charge in [-0.15, -0.1) is 11.6 Å². The van der Waals surface area contributed by atoms with Crippen molar-refractivity contribution in [3.8, 4) is 0 Å². The zero-order valence-corrected chi connectivity index (χ0v) is 10.4. The number of rotatable bonds is 4. The molecule has 0 aromatic heterocycles. The molecule has 0 heterocycles. The largest absolute Gasteiger partial charge is 0.547 e. The third-order valence-electron chi connectivity index (χ3n) is 1.33. The topological polar surface area (TPSA) is 9.23 Å². The van der Waals surface area contributed by atoms with Crippen LogP contribution in [0.15, 0.2) is 12.3 Å². The fourth-order valence-electron chi connectivity index (χ4n) is 0.821. The highest BCUT2D eigenvalue weighted by atomic mass is 35.5. The summed E-state index contributed by atoms with van der Waals surface area (Å²) in [5.74, 6) is 1.11. The van der Waals surface area contributed by atoms with Crippen LogP contribution in [0.1, 0.15) is 13.8 Å². The molecule has 0 amide bonds. The van der Waals surface area contributed by atoms with Crippen LogP contribution in [0.2, 0.25) is 19.6 Å². The molecule has 1 nitrogen and oxygen atoms in total. The van der Waals surface area contributed by atoms with Crippen LogP contribution in [0.4, 0.5) is 0 Å². The molecule has 0 bridgehead atoms. The molecule has 0 aliphatic rings. The summed E-state index contributed by atoms with van der Waals surface area (Å²) in [7, 11) is -1.51. The zero-order chi connectivity index (χ0) is 9.94. The number of hydrogen-bond donors (Lipinski definition) is 0. The monoisotopic (exact) mass is 206 g/mol. The summed E-state index contributed by atoms with van der Waals surface area (Å²) < 4.78 is 5.67. The van der Waals surface area contributed by atoms with Gasteiger partial charge in [0.15, 0.2) is 0 Å². The molecule has 0 aliphatic heterocycles. The van der Waals surface area contributed by atoms with Crippen LogP contribution in [-0.4, -0.2) is 13.7 Å². The number of halogens is 1. The predicted molar refractivity (Wildman–Crippen MR) is 58.1 cm³/mol. The second-order valence-electron chi connectivity index (χ2n) is 4.33. The van der Waals surface area contributed by atoms with Gasteiger partial charge in [-0.1, -0.05) is 20.4 Å². The van der Waals surface area contributed by atoms with Crippen molar-refractivity contribution in [3.63, 3.8) is 0 Å². The summed E-state index contributed by atoms with van der Waals surface area (Å²) in [6.45, 7) is 14.4. The summed E-state index contributed by atoms with van der Waals surface area (Å²) in [4.78, 5) is 0. The van der Waals surface area contributed by atoms with Gasteiger partial charge >= 0.3 is 0 Å². The number of hydrogen-bond acceptors (Lipinski definition) is 1. The van der Waals surface area contributed by atoms with Gasteiger partial charge in [0.25, 0.3) is 0 Å². The lowest BCUT2D eigenvalue weighted by Gasteiger charge is -2.25. The molecule has 0 aromatic rings. The molecule has 0 aromatic carbocycles. The van der Waals surface area contributed by atoms with Crippen molar-refractivity contribution in [2.75, 3.05) is 0 Å². The summed E-state index contributed by atoms with van der Waals surface area (Å²) in [5, 5.41) is -0.0586. The maximum Gasteiger partial charge on any atom is 0.241 e. The Hall–Kier alpha value is 0.0469. The lowest BCUT2D eigenvalue weighted by Crippen LogP contribution is -2.28. The number of allylic oxidation sites excluding steroid dienone is 1. The van der Waals surface area contributed by atoms with E-state index in [1.54, 1.807) is 0 Å². The van der Waals surface area contributed by atoms with Crippen molar-refractivity contribution in [1.29, 1.82) is 0 Å². The van der Waals surface area contributed by atoms with Gasteiger partial charge in [0.1, 0.15) is 0 Å². The molecule has 0 rings (SSSR count). The van der Waals surface area contributed by atoms with Crippen LogP contribution in [0.3, 0.4) is 0 Å². The SMILES string of the molecule is C=C(O[Si](C)(C)C)C(Cl)C(C)C. The zero-order valence-electron chi connectivity index (χ0n) is 8.65. The van der Waals surface area contributed by atoms with E-state index in [1.165, 1.54) is 0 Å². The van der Waals surface area contributed by atoms with Crippen molar-refractivity contribution in [2.45, 2.75) is 38.9 Å². The average molecular weight is 207 g/mol. The Morgan fingerprint density at radius 3 is 2.00 bits per heavy atom. The second kappa shape index (κ2) is 4.33. The van der Waals surface area contributed by atoms with E-state index in [9.17, 15) is 0 Å². The highest BCUT2D eigenvalue weighted by Gasteiger charge is 2.22. The molecule has 1 unspecified atom stereocenters. The maximum absolute atomic E-state index is 6.07. The molecule has 1 atom stereocenters. The van der Waals surface area contributed by atoms with Gasteiger partial charge in [0, 0.05) is 0 Å². The lowest BCUT2D eigenvalue weighted by atomic mass is 10.1. The highest BCUT2D eigenvalue weighted by Crippen LogP contribution is 2.21. The van der Waals surface area contributed by atoms with E-state index >= 15 is 0 Å². The Bertz CT molecular complexity index is 160. The van der Waals surface area contributed by atoms with Gasteiger partial charge < -0.3 is 4.43 Å². The van der Waals surface area contributed by atoms with Gasteiger partial charge in [-0.3, -0.25) is 0 Å². The van der Waals surface area contributed by atoms with Crippen molar-refractivity contribution in [3.05, 3.63) is 12.3 Å². The molecule has 0 saturated carbocycles. The Kier molecular flexibility index (Phi) is 4.35. The molecule has 0 radical (unpaired) electrons. The van der Waals surface area contributed by atoms with Crippen LogP contribution in [-0.2, 0) is 4.43 Å². The van der Waals surface area contributed by atoms with Crippen molar-refractivity contribution < 1.29 is 4.43 Å². The normalized spacial score (nSPS) is 14.6. The Morgan fingerprint density at radius 1 is 1.33 bits per heavy atom. The van der Waals surface area contributed by atoms with E-state index in [2.05, 4.69) is 40.1 Å². The van der Waals surface area contributed by atoms with Crippen molar-refractivity contribution >= 4 is 19.9 Å². The van der Waals surface area contributed by atoms with Crippen LogP contribution in [0.5, 0.6) is 0 Å². The molecule has 0 fully saturated rings. The van der Waals surface area contributed by atoms with Crippen molar-refractivity contribution in [1.82, 2.24) is 0 Å². The van der Waals surface area contributed by atoms with E-state index in [-0.39, 0.29) is 5.38 Å². The van der Waals surface area contributed by atoms with Crippen molar-refractivity contribution in [2.24, 2.45) is 5.92 Å². The van der Waals surface area contributed by atoms with Gasteiger partial charge in [-0.2, -0.15) is 0 Å². The molecule has 0 aliphatic carbocycles. The van der Waals surface area contributed by atoms with Gasteiger partial charge in [-0.05, 0) is 25.6 Å². The second-order valence-corrected chi connectivity index (χ2v) is 9.23. The molecule has 0 N–H and O–H groups in total. The molecular formula is C9H19ClOSi. The summed E-state index contributed by atoms with van der Waals surface area (Å²) >= 11 is 6.07. The maximum atomic E-state index is 6.07. The third kappa shape index (κ3) is 4.83. The first-order chi connectivity index (χ1) is 5.24. The Balaban J connectivity index is 4.05. The van der Waals surface area contributed by atoms with E-state index in [1.807, 2.05) is 0 Å². The standard InChI is InChI=1S/C9H19ClOSi/c1-7(2)9(10)8(3)11-12(4,5)6/h7,9H,3H2,1-2,4-6H3. The van der Waals surface area contributed by atoms with E-state index < -0.39 is 8.32 Å². The van der Waals surface area contributed by atoms with Crippen LogP contribution < -0.4 is 0 Å². The third-order valence-corrected chi connectivity index (χ3v) is 2.95. The fraction of sp³-hybridized carbons (Fsp3) is 0.778. The van der Waals surface area contributed by atoms with Gasteiger partial charge in [0.05, 0.1) is 11.1 Å². The van der Waals surface area contributed by atoms with E-state index in [4.69, 9.17) is 16.0 Å². The van der Waals surface area contributed by atoms with Crippen LogP contribution in [0.25, 0.3) is 0 Å². The molecular weight excluding hydrogens is 188 g/mol. The number of alkyl halides is 1. The quantitative estimate of drug-likeness (QED) is 0.388. The van der Waals surface area contributed by atoms with E-state index in [0.717, 1.165) is 5.76 Å². The summed E-state index contributed by atoms with van der Waals surface area (Å²) in [6.07, 6.45) is 0. The molecule has 0 saturated heterocycles.